The number of halogens is 3. The minimum Gasteiger partial charge on any atom is -0.462 e. The van der Waals surface area contributed by atoms with Gasteiger partial charge in [-0.3, -0.25) is 4.79 Å². The number of carbonyl (C=O) groups excluding carboxylic acids is 1. The first kappa shape index (κ1) is 27.9. The van der Waals surface area contributed by atoms with Crippen molar-refractivity contribution in [3.63, 3.8) is 0 Å². The van der Waals surface area contributed by atoms with Crippen molar-refractivity contribution in [1.82, 2.24) is 9.29 Å². The smallest absolute Gasteiger partial charge is 0.417 e. The van der Waals surface area contributed by atoms with Gasteiger partial charge in [0.2, 0.25) is 22.2 Å². The van der Waals surface area contributed by atoms with E-state index in [9.17, 15) is 41.7 Å². The molecule has 3 aromatic rings. The van der Waals surface area contributed by atoms with Crippen molar-refractivity contribution in [3.8, 4) is 16.9 Å². The molecule has 0 radical (unpaired) electrons. The molecule has 4 rings (SSSR count). The first-order valence-electron chi connectivity index (χ1n) is 11.3. The van der Waals surface area contributed by atoms with Gasteiger partial charge in [-0.15, -0.1) is 0 Å². The van der Waals surface area contributed by atoms with Crippen LogP contribution in [0.25, 0.3) is 22.0 Å². The number of carbonyl (C=O) groups is 1. The first-order valence-corrected chi connectivity index (χ1v) is 13.2. The van der Waals surface area contributed by atoms with Gasteiger partial charge in [0.15, 0.2) is 0 Å². The number of hydrogen-bond donors (Lipinski definition) is 4. The van der Waals surface area contributed by atoms with Gasteiger partial charge in [0, 0.05) is 24.1 Å². The van der Waals surface area contributed by atoms with Gasteiger partial charge in [0.25, 0.3) is 0 Å². The van der Waals surface area contributed by atoms with Crippen LogP contribution < -0.4 is 10.1 Å². The topological polar surface area (TPSA) is 147 Å². The molecule has 4 N–H and O–H groups in total. The average Bonchev–Trinajstić information content (AvgIpc) is 3.26. The Bertz CT molecular complexity index is 1460. The molecule has 2 aromatic carbocycles. The molecule has 206 valence electrons. The van der Waals surface area contributed by atoms with Gasteiger partial charge in [0.05, 0.1) is 23.9 Å². The molecule has 1 aliphatic rings. The van der Waals surface area contributed by atoms with E-state index in [2.05, 4.69) is 5.32 Å². The summed E-state index contributed by atoms with van der Waals surface area (Å²) in [5.41, 5.74) is -1.44. The third-order valence-corrected chi connectivity index (χ3v) is 7.16. The minimum absolute atomic E-state index is 0.0322. The number of nitrogens with zero attached hydrogens (tertiary/aromatic N) is 1. The number of amides is 1. The molecule has 14 heteroatoms. The van der Waals surface area contributed by atoms with Crippen LogP contribution in [0.4, 0.5) is 13.2 Å². The quantitative estimate of drug-likeness (QED) is 0.356. The highest BCUT2D eigenvalue weighted by molar-refractivity contribution is 7.89. The third-order valence-electron chi connectivity index (χ3n) is 6.13. The Kier molecular flexibility index (Phi) is 7.47. The molecule has 1 aliphatic heterocycles. The molecule has 0 unspecified atom stereocenters. The molecule has 5 atom stereocenters. The predicted molar refractivity (Wildman–Crippen MR) is 129 cm³/mol. The highest BCUT2D eigenvalue weighted by Gasteiger charge is 2.46. The molecular formula is C24H25F3N2O8S. The monoisotopic (exact) mass is 558 g/mol. The third kappa shape index (κ3) is 5.35. The zero-order chi connectivity index (χ0) is 28.0. The number of nitrogens with one attached hydrogen (secondary N) is 1. The van der Waals surface area contributed by atoms with E-state index in [0.29, 0.717) is 5.39 Å². The highest BCUT2D eigenvalue weighted by Crippen LogP contribution is 2.43. The fraction of sp³-hybridized carbons (Fsp3) is 0.375. The van der Waals surface area contributed by atoms with E-state index in [4.69, 9.17) is 9.47 Å². The number of rotatable bonds is 6. The van der Waals surface area contributed by atoms with E-state index in [0.717, 1.165) is 29.3 Å². The fourth-order valence-electron chi connectivity index (χ4n) is 4.41. The maximum absolute atomic E-state index is 14.1. The summed E-state index contributed by atoms with van der Waals surface area (Å²) in [6, 6.07) is 7.33. The lowest BCUT2D eigenvalue weighted by atomic mass is 9.95. The molecule has 0 bridgehead atoms. The van der Waals surface area contributed by atoms with Crippen molar-refractivity contribution in [2.75, 3.05) is 12.9 Å². The van der Waals surface area contributed by atoms with Gasteiger partial charge in [-0.2, -0.15) is 13.2 Å². The number of aliphatic hydroxyl groups excluding tert-OH is 3. The molecule has 0 saturated carbocycles. The van der Waals surface area contributed by atoms with Crippen molar-refractivity contribution in [2.45, 2.75) is 43.7 Å². The van der Waals surface area contributed by atoms with Crippen LogP contribution in [0, 0.1) is 0 Å². The van der Waals surface area contributed by atoms with Gasteiger partial charge in [-0.25, -0.2) is 12.4 Å². The zero-order valence-corrected chi connectivity index (χ0v) is 20.9. The van der Waals surface area contributed by atoms with Crippen molar-refractivity contribution >= 4 is 26.8 Å². The van der Waals surface area contributed by atoms with Gasteiger partial charge >= 0.3 is 6.18 Å². The molecule has 38 heavy (non-hydrogen) atoms. The van der Waals surface area contributed by atoms with Gasteiger partial charge in [-0.1, -0.05) is 18.2 Å². The van der Waals surface area contributed by atoms with E-state index in [1.54, 1.807) is 0 Å². The summed E-state index contributed by atoms with van der Waals surface area (Å²) >= 11 is 0. The second-order valence-electron chi connectivity index (χ2n) is 8.88. The number of aliphatic hydroxyl groups is 3. The Hall–Kier alpha value is -3.17. The number of fused-ring (bicyclic) bond motifs is 1. The lowest BCUT2D eigenvalue weighted by Gasteiger charge is -2.42. The maximum Gasteiger partial charge on any atom is 0.417 e. The van der Waals surface area contributed by atoms with Crippen molar-refractivity contribution < 1.29 is 51.2 Å². The van der Waals surface area contributed by atoms with E-state index in [-0.39, 0.29) is 16.8 Å². The summed E-state index contributed by atoms with van der Waals surface area (Å²) in [7, 11) is -3.77. The lowest BCUT2D eigenvalue weighted by Crippen LogP contribution is -2.65. The van der Waals surface area contributed by atoms with E-state index in [1.807, 2.05) is 0 Å². The Labute approximate surface area is 215 Å². The lowest BCUT2D eigenvalue weighted by molar-refractivity contribution is -0.244. The van der Waals surface area contributed by atoms with Crippen LogP contribution >= 0.6 is 0 Å². The van der Waals surface area contributed by atoms with Crippen LogP contribution in [0.15, 0.2) is 48.7 Å². The van der Waals surface area contributed by atoms with Crippen LogP contribution in [-0.2, 0) is 25.7 Å². The molecule has 0 aliphatic carbocycles. The van der Waals surface area contributed by atoms with Crippen LogP contribution in [0.3, 0.4) is 0 Å². The van der Waals surface area contributed by atoms with Crippen LogP contribution in [-0.4, -0.2) is 77.1 Å². The standard InChI is InChI=1S/C24H25F3N2O8S/c1-12(31)28-20-22(33)21(32)18(11-30)37-23(20)36-17-5-3-4-15(24(25,26)27)19(17)14-7-6-13-8-9-29(16(13)10-14)38(2,34)35/h3-10,18,20-23,30,32-33H,11H2,1-2H3,(H,28,31)/t18-,20-,21+,22-,23-/m1/s1. The van der Waals surface area contributed by atoms with Crippen LogP contribution in [0.5, 0.6) is 5.75 Å². The minimum atomic E-state index is -4.85. The molecule has 10 nitrogen and oxygen atoms in total. The van der Waals surface area contributed by atoms with E-state index >= 15 is 0 Å². The average molecular weight is 559 g/mol. The Morgan fingerprint density at radius 1 is 1.16 bits per heavy atom. The van der Waals surface area contributed by atoms with Crippen molar-refractivity contribution in [2.24, 2.45) is 0 Å². The maximum atomic E-state index is 14.1. The largest absolute Gasteiger partial charge is 0.462 e. The molecule has 1 aromatic heterocycles. The number of hydrogen-bond acceptors (Lipinski definition) is 8. The predicted octanol–water partition coefficient (Wildman–Crippen LogP) is 1.46. The van der Waals surface area contributed by atoms with Gasteiger partial charge < -0.3 is 30.1 Å². The summed E-state index contributed by atoms with van der Waals surface area (Å²) in [5, 5.41) is 33.1. The molecule has 1 fully saturated rings. The number of ether oxygens (including phenoxy) is 2. The van der Waals surface area contributed by atoms with E-state index < -0.39 is 70.5 Å². The van der Waals surface area contributed by atoms with Gasteiger partial charge in [0.1, 0.15) is 30.1 Å². The summed E-state index contributed by atoms with van der Waals surface area (Å²) in [5.74, 6) is -1.01. The molecular weight excluding hydrogens is 533 g/mol. The molecule has 2 heterocycles. The summed E-state index contributed by atoms with van der Waals surface area (Å²) in [6.45, 7) is 0.371. The normalized spacial score (nSPS) is 24.4. The highest BCUT2D eigenvalue weighted by atomic mass is 32.2. The first-order chi connectivity index (χ1) is 17.7. The van der Waals surface area contributed by atoms with Crippen molar-refractivity contribution in [1.29, 1.82) is 0 Å². The Morgan fingerprint density at radius 3 is 2.47 bits per heavy atom. The Balaban J connectivity index is 1.87. The molecule has 1 amide bonds. The SMILES string of the molecule is CC(=O)N[C@H]1[C@H](Oc2cccc(C(F)(F)F)c2-c2ccc3ccn(S(C)(=O)=O)c3c2)O[C@H](CO)[C@H](O)[C@@H]1O. The van der Waals surface area contributed by atoms with Crippen LogP contribution in [0.2, 0.25) is 0 Å². The fourth-order valence-corrected chi connectivity index (χ4v) is 5.21. The molecule has 0 spiro atoms. The Morgan fingerprint density at radius 2 is 1.87 bits per heavy atom. The van der Waals surface area contributed by atoms with Crippen molar-refractivity contribution in [3.05, 3.63) is 54.2 Å². The number of alkyl halides is 3. The second-order valence-corrected chi connectivity index (χ2v) is 10.7. The van der Waals surface area contributed by atoms with E-state index in [1.165, 1.54) is 36.5 Å². The second kappa shape index (κ2) is 10.2. The number of aromatic nitrogens is 1. The summed E-state index contributed by atoms with van der Waals surface area (Å²) in [6.07, 6.45) is -8.88. The summed E-state index contributed by atoms with van der Waals surface area (Å²) < 4.78 is 79.1. The zero-order valence-electron chi connectivity index (χ0n) is 20.1. The molecule has 1 saturated heterocycles. The van der Waals surface area contributed by atoms with Gasteiger partial charge in [-0.05, 0) is 29.8 Å². The van der Waals surface area contributed by atoms with Crippen LogP contribution in [0.1, 0.15) is 12.5 Å². The summed E-state index contributed by atoms with van der Waals surface area (Å²) in [4.78, 5) is 11.7. The number of benzene rings is 2.